The summed E-state index contributed by atoms with van der Waals surface area (Å²) in [6.07, 6.45) is 1.35. The van der Waals surface area contributed by atoms with Gasteiger partial charge in [-0.25, -0.2) is 23.2 Å². The molecule has 0 saturated carbocycles. The van der Waals surface area contributed by atoms with Crippen LogP contribution >= 0.6 is 11.8 Å². The van der Waals surface area contributed by atoms with Gasteiger partial charge in [-0.05, 0) is 24.3 Å². The lowest BCUT2D eigenvalue weighted by Gasteiger charge is -2.05. The molecule has 0 unspecified atom stereocenters. The number of nitrogens with one attached hydrogen (secondary N) is 1. The number of rotatable bonds is 5. The molecule has 0 saturated heterocycles. The number of esters is 1. The first kappa shape index (κ1) is 18.1. The minimum atomic E-state index is -3.81. The second-order valence-electron chi connectivity index (χ2n) is 5.07. The number of thioether (sulfide) groups is 1. The van der Waals surface area contributed by atoms with Gasteiger partial charge in [0.1, 0.15) is 5.39 Å². The lowest BCUT2D eigenvalue weighted by molar-refractivity contribution is -0.137. The number of aromatic nitrogens is 4. The fourth-order valence-electron chi connectivity index (χ4n) is 2.12. The Morgan fingerprint density at radius 3 is 2.65 bits per heavy atom. The largest absolute Gasteiger partial charge is 0.468 e. The number of hydrogen-bond donors (Lipinski definition) is 2. The highest BCUT2D eigenvalue weighted by Gasteiger charge is 2.14. The number of aromatic amines is 1. The number of carbonyl (C=O) groups is 1. The highest BCUT2D eigenvalue weighted by molar-refractivity contribution is 7.99. The summed E-state index contributed by atoms with van der Waals surface area (Å²) in [6, 6.07) is 5.66. The average Bonchev–Trinajstić information content (AvgIpc) is 3.03. The summed E-state index contributed by atoms with van der Waals surface area (Å²) in [4.78, 5) is 30.2. The third-order valence-corrected chi connectivity index (χ3v) is 5.16. The Bertz CT molecular complexity index is 1130. The summed E-state index contributed by atoms with van der Waals surface area (Å²) in [7, 11) is -2.54. The minimum Gasteiger partial charge on any atom is -0.468 e. The first-order valence-corrected chi connectivity index (χ1v) is 9.63. The van der Waals surface area contributed by atoms with Crippen molar-refractivity contribution >= 4 is 38.8 Å². The van der Waals surface area contributed by atoms with E-state index in [0.29, 0.717) is 5.69 Å². The standard InChI is InChI=1S/C14H13N5O5S2/c1-24-11(20)7-25-14-17-12-10(13(21)18-14)6-16-19(12)8-2-4-9(5-3-8)26(15,22)23/h2-6H,7H2,1H3,(H2,15,22,23)(H,17,18,21). The number of benzene rings is 1. The third-order valence-electron chi connectivity index (χ3n) is 3.38. The summed E-state index contributed by atoms with van der Waals surface area (Å²) in [5, 5.41) is 9.68. The number of ether oxygens (including phenoxy) is 1. The van der Waals surface area contributed by atoms with Gasteiger partial charge in [0.2, 0.25) is 10.0 Å². The van der Waals surface area contributed by atoms with Crippen LogP contribution in [-0.4, -0.2) is 47.0 Å². The van der Waals surface area contributed by atoms with Crippen LogP contribution in [0.4, 0.5) is 0 Å². The number of hydrogen-bond acceptors (Lipinski definition) is 8. The number of sulfonamides is 1. The molecule has 0 atom stereocenters. The van der Waals surface area contributed by atoms with E-state index in [0.717, 1.165) is 11.8 Å². The molecule has 3 rings (SSSR count). The number of nitrogens with zero attached hydrogens (tertiary/aromatic N) is 3. The van der Waals surface area contributed by atoms with Gasteiger partial charge in [0, 0.05) is 0 Å². The molecule has 0 amide bonds. The topological polar surface area (TPSA) is 150 Å². The predicted octanol–water partition coefficient (Wildman–Crippen LogP) is 0.0213. The summed E-state index contributed by atoms with van der Waals surface area (Å²) in [5.41, 5.74) is 0.355. The van der Waals surface area contributed by atoms with Crippen molar-refractivity contribution in [3.63, 3.8) is 0 Å². The number of primary sulfonamides is 1. The molecular weight excluding hydrogens is 382 g/mol. The van der Waals surface area contributed by atoms with E-state index in [1.165, 1.54) is 42.3 Å². The molecule has 136 valence electrons. The molecule has 0 fully saturated rings. The molecule has 10 nitrogen and oxygen atoms in total. The summed E-state index contributed by atoms with van der Waals surface area (Å²) in [5.74, 6) is -0.466. The van der Waals surface area contributed by atoms with Crippen molar-refractivity contribution in [2.24, 2.45) is 5.14 Å². The number of nitrogens with two attached hydrogens (primary N) is 1. The number of methoxy groups -OCH3 is 1. The molecule has 3 aromatic rings. The Balaban J connectivity index is 2.02. The van der Waals surface area contributed by atoms with Gasteiger partial charge < -0.3 is 9.72 Å². The summed E-state index contributed by atoms with van der Waals surface area (Å²) < 4.78 is 28.6. The SMILES string of the molecule is COC(=O)CSc1nc2c(cnn2-c2ccc(S(N)(=O)=O)cc2)c(=O)[nH]1. The molecule has 2 aromatic heterocycles. The maximum atomic E-state index is 12.2. The molecule has 1 aromatic carbocycles. The van der Waals surface area contributed by atoms with Crippen LogP contribution in [0.25, 0.3) is 16.7 Å². The van der Waals surface area contributed by atoms with Crippen molar-refractivity contribution in [2.75, 3.05) is 12.9 Å². The lowest BCUT2D eigenvalue weighted by Crippen LogP contribution is -2.12. The zero-order valence-corrected chi connectivity index (χ0v) is 15.0. The van der Waals surface area contributed by atoms with Crippen molar-refractivity contribution in [3.8, 4) is 5.69 Å². The normalized spacial score (nSPS) is 11.6. The van der Waals surface area contributed by atoms with E-state index in [4.69, 9.17) is 5.14 Å². The highest BCUT2D eigenvalue weighted by atomic mass is 32.2. The Morgan fingerprint density at radius 2 is 2.04 bits per heavy atom. The fourth-order valence-corrected chi connectivity index (χ4v) is 3.32. The average molecular weight is 395 g/mol. The molecular formula is C14H13N5O5S2. The monoisotopic (exact) mass is 395 g/mol. The minimum absolute atomic E-state index is 0.0118. The van der Waals surface area contributed by atoms with Gasteiger partial charge in [-0.2, -0.15) is 5.10 Å². The molecule has 3 N–H and O–H groups in total. The molecule has 0 aliphatic carbocycles. The van der Waals surface area contributed by atoms with Crippen LogP contribution < -0.4 is 10.7 Å². The van der Waals surface area contributed by atoms with Crippen LogP contribution in [0.15, 0.2) is 45.3 Å². The van der Waals surface area contributed by atoms with Gasteiger partial charge in [-0.1, -0.05) is 11.8 Å². The van der Waals surface area contributed by atoms with Crippen molar-refractivity contribution < 1.29 is 17.9 Å². The molecule has 26 heavy (non-hydrogen) atoms. The van der Waals surface area contributed by atoms with Crippen molar-refractivity contribution in [1.82, 2.24) is 19.7 Å². The Hall–Kier alpha value is -2.70. The van der Waals surface area contributed by atoms with E-state index >= 15 is 0 Å². The second kappa shape index (κ2) is 6.90. The van der Waals surface area contributed by atoms with Gasteiger partial charge in [-0.15, -0.1) is 0 Å². The first-order valence-electron chi connectivity index (χ1n) is 7.10. The molecule has 0 aliphatic rings. The smallest absolute Gasteiger partial charge is 0.316 e. The molecule has 12 heteroatoms. The highest BCUT2D eigenvalue weighted by Crippen LogP contribution is 2.19. The van der Waals surface area contributed by atoms with E-state index in [1.54, 1.807) is 0 Å². The van der Waals surface area contributed by atoms with E-state index in [-0.39, 0.29) is 26.8 Å². The summed E-state index contributed by atoms with van der Waals surface area (Å²) >= 11 is 1.02. The number of fused-ring (bicyclic) bond motifs is 1. The summed E-state index contributed by atoms with van der Waals surface area (Å²) in [6.45, 7) is 0. The van der Waals surface area contributed by atoms with E-state index in [1.807, 2.05) is 0 Å². The van der Waals surface area contributed by atoms with Crippen LogP contribution in [0.5, 0.6) is 0 Å². The van der Waals surface area contributed by atoms with Crippen molar-refractivity contribution in [1.29, 1.82) is 0 Å². The molecule has 0 aliphatic heterocycles. The van der Waals surface area contributed by atoms with Gasteiger partial charge in [0.15, 0.2) is 10.8 Å². The zero-order valence-electron chi connectivity index (χ0n) is 13.4. The van der Waals surface area contributed by atoms with Gasteiger partial charge in [0.05, 0.1) is 29.6 Å². The van der Waals surface area contributed by atoms with Crippen molar-refractivity contribution in [2.45, 2.75) is 10.1 Å². The maximum Gasteiger partial charge on any atom is 0.316 e. The van der Waals surface area contributed by atoms with Crippen LogP contribution in [-0.2, 0) is 19.6 Å². The quantitative estimate of drug-likeness (QED) is 0.349. The van der Waals surface area contributed by atoms with Crippen molar-refractivity contribution in [3.05, 3.63) is 40.8 Å². The van der Waals surface area contributed by atoms with Crippen LogP contribution in [0.1, 0.15) is 0 Å². The Labute approximate surface area is 151 Å². The fraction of sp³-hybridized carbons (Fsp3) is 0.143. The Morgan fingerprint density at radius 1 is 1.35 bits per heavy atom. The molecule has 0 bridgehead atoms. The third kappa shape index (κ3) is 3.61. The lowest BCUT2D eigenvalue weighted by atomic mass is 10.3. The second-order valence-corrected chi connectivity index (χ2v) is 7.59. The van der Waals surface area contributed by atoms with Gasteiger partial charge >= 0.3 is 5.97 Å². The number of carbonyl (C=O) groups excluding carboxylic acids is 1. The molecule has 2 heterocycles. The van der Waals surface area contributed by atoms with E-state index < -0.39 is 21.6 Å². The predicted molar refractivity (Wildman–Crippen MR) is 93.6 cm³/mol. The van der Waals surface area contributed by atoms with Crippen LogP contribution in [0.2, 0.25) is 0 Å². The van der Waals surface area contributed by atoms with Gasteiger partial charge in [0.25, 0.3) is 5.56 Å². The maximum absolute atomic E-state index is 12.2. The van der Waals surface area contributed by atoms with E-state index in [2.05, 4.69) is 19.8 Å². The Kier molecular flexibility index (Phi) is 4.80. The molecule has 0 spiro atoms. The van der Waals surface area contributed by atoms with E-state index in [9.17, 15) is 18.0 Å². The zero-order chi connectivity index (χ0) is 18.9. The molecule has 0 radical (unpaired) electrons. The van der Waals surface area contributed by atoms with Gasteiger partial charge in [-0.3, -0.25) is 9.59 Å². The first-order chi connectivity index (χ1) is 12.3. The van der Waals surface area contributed by atoms with Crippen LogP contribution in [0, 0.1) is 0 Å². The van der Waals surface area contributed by atoms with Crippen LogP contribution in [0.3, 0.4) is 0 Å². The number of H-pyrrole nitrogens is 1.